The van der Waals surface area contributed by atoms with Gasteiger partial charge in [0.15, 0.2) is 5.84 Å². The van der Waals surface area contributed by atoms with Gasteiger partial charge in [-0.15, -0.1) is 0 Å². The SMILES string of the molecule is O=C(O)C=CC1=NC(=O)C=N1. The summed E-state index contributed by atoms with van der Waals surface area (Å²) in [5, 5.41) is 8.16. The second-order valence-corrected chi connectivity index (χ2v) is 1.74. The van der Waals surface area contributed by atoms with E-state index in [0.717, 1.165) is 18.4 Å². The Morgan fingerprint density at radius 3 is 2.82 bits per heavy atom. The lowest BCUT2D eigenvalue weighted by atomic mass is 10.5. The van der Waals surface area contributed by atoms with Gasteiger partial charge in [0, 0.05) is 6.08 Å². The van der Waals surface area contributed by atoms with Crippen molar-refractivity contribution in [1.29, 1.82) is 0 Å². The molecule has 56 valence electrons. The highest BCUT2D eigenvalue weighted by atomic mass is 16.4. The highest BCUT2D eigenvalue weighted by molar-refractivity contribution is 6.36. The van der Waals surface area contributed by atoms with Gasteiger partial charge in [0.1, 0.15) is 0 Å². The average molecular weight is 152 g/mol. The van der Waals surface area contributed by atoms with Crippen LogP contribution in [0.4, 0.5) is 0 Å². The Morgan fingerprint density at radius 2 is 2.36 bits per heavy atom. The summed E-state index contributed by atoms with van der Waals surface area (Å²) in [6, 6.07) is 0. The summed E-state index contributed by atoms with van der Waals surface area (Å²) in [4.78, 5) is 27.2. The van der Waals surface area contributed by atoms with Crippen molar-refractivity contribution >= 4 is 23.9 Å². The lowest BCUT2D eigenvalue weighted by molar-refractivity contribution is -0.131. The molecule has 0 fully saturated rings. The second kappa shape index (κ2) is 2.87. The molecule has 1 N–H and O–H groups in total. The van der Waals surface area contributed by atoms with Crippen LogP contribution in [-0.2, 0) is 9.59 Å². The van der Waals surface area contributed by atoms with Gasteiger partial charge in [-0.3, -0.25) is 4.79 Å². The van der Waals surface area contributed by atoms with Crippen LogP contribution in [0.1, 0.15) is 0 Å². The molecule has 0 spiro atoms. The van der Waals surface area contributed by atoms with E-state index in [4.69, 9.17) is 5.11 Å². The molecule has 11 heavy (non-hydrogen) atoms. The number of aliphatic carboxylic acids is 1. The highest BCUT2D eigenvalue weighted by Gasteiger charge is 2.04. The van der Waals surface area contributed by atoms with E-state index in [0.29, 0.717) is 0 Å². The van der Waals surface area contributed by atoms with Crippen LogP contribution in [0, 0.1) is 0 Å². The number of nitrogens with zero attached hydrogens (tertiary/aromatic N) is 2. The summed E-state index contributed by atoms with van der Waals surface area (Å²) in [5.41, 5.74) is 0. The Hall–Kier alpha value is -1.78. The van der Waals surface area contributed by atoms with E-state index < -0.39 is 11.9 Å². The van der Waals surface area contributed by atoms with E-state index in [-0.39, 0.29) is 5.84 Å². The zero-order valence-corrected chi connectivity index (χ0v) is 5.39. The van der Waals surface area contributed by atoms with Crippen molar-refractivity contribution in [3.05, 3.63) is 12.2 Å². The van der Waals surface area contributed by atoms with Crippen LogP contribution in [0.3, 0.4) is 0 Å². The van der Waals surface area contributed by atoms with Crippen LogP contribution in [0.2, 0.25) is 0 Å². The minimum atomic E-state index is -1.10. The third-order valence-corrected chi connectivity index (χ3v) is 0.907. The zero-order chi connectivity index (χ0) is 8.27. The molecule has 0 aliphatic carbocycles. The molecule has 0 unspecified atom stereocenters. The highest BCUT2D eigenvalue weighted by Crippen LogP contribution is 1.92. The van der Waals surface area contributed by atoms with Gasteiger partial charge in [-0.25, -0.2) is 9.79 Å². The first-order valence-corrected chi connectivity index (χ1v) is 2.76. The maximum atomic E-state index is 10.4. The number of hydrogen-bond acceptors (Lipinski definition) is 3. The van der Waals surface area contributed by atoms with E-state index in [1.54, 1.807) is 0 Å². The van der Waals surface area contributed by atoms with Crippen LogP contribution < -0.4 is 0 Å². The topological polar surface area (TPSA) is 79.1 Å². The first-order valence-electron chi connectivity index (χ1n) is 2.76. The predicted octanol–water partition coefficient (Wildman–Crippen LogP) is -0.363. The molecule has 0 radical (unpaired) electrons. The molecule has 0 saturated carbocycles. The molecular weight excluding hydrogens is 148 g/mol. The average Bonchev–Trinajstić information content (AvgIpc) is 2.31. The molecule has 1 rings (SSSR count). The number of carboxylic acid groups (broad SMARTS) is 1. The predicted molar refractivity (Wildman–Crippen MR) is 37.7 cm³/mol. The van der Waals surface area contributed by atoms with E-state index in [1.165, 1.54) is 0 Å². The minimum Gasteiger partial charge on any atom is -0.478 e. The molecule has 0 aromatic carbocycles. The molecule has 5 nitrogen and oxygen atoms in total. The van der Waals surface area contributed by atoms with E-state index in [2.05, 4.69) is 9.98 Å². The Labute approximate surface area is 61.8 Å². The number of carboxylic acids is 1. The number of aliphatic imine (C=N–C) groups is 2. The van der Waals surface area contributed by atoms with Crippen LogP contribution in [-0.4, -0.2) is 29.0 Å². The molecular formula is C6H4N2O3. The summed E-state index contributed by atoms with van der Waals surface area (Å²) in [6.45, 7) is 0. The molecule has 1 aliphatic heterocycles. The van der Waals surface area contributed by atoms with Crippen molar-refractivity contribution in [2.24, 2.45) is 9.98 Å². The number of rotatable bonds is 2. The summed E-state index contributed by atoms with van der Waals surface area (Å²) in [6.07, 6.45) is 3.06. The smallest absolute Gasteiger partial charge is 0.328 e. The fourth-order valence-corrected chi connectivity index (χ4v) is 0.518. The van der Waals surface area contributed by atoms with E-state index >= 15 is 0 Å². The number of hydrogen-bond donors (Lipinski definition) is 1. The standard InChI is InChI=1S/C6H4N2O3/c9-5-3-7-4(8-5)1-2-6(10)11/h1-3H,(H,10,11). The summed E-state index contributed by atoms with van der Waals surface area (Å²) in [7, 11) is 0. The van der Waals surface area contributed by atoms with Crippen LogP contribution in [0.15, 0.2) is 22.1 Å². The molecule has 1 heterocycles. The molecule has 1 amide bonds. The van der Waals surface area contributed by atoms with Crippen molar-refractivity contribution in [3.63, 3.8) is 0 Å². The minimum absolute atomic E-state index is 0.123. The molecule has 0 atom stereocenters. The monoisotopic (exact) mass is 152 g/mol. The number of carbonyl (C=O) groups is 2. The van der Waals surface area contributed by atoms with Gasteiger partial charge in [0.05, 0.1) is 6.21 Å². The molecule has 5 heteroatoms. The number of carbonyl (C=O) groups excluding carboxylic acids is 1. The van der Waals surface area contributed by atoms with Gasteiger partial charge in [-0.05, 0) is 6.08 Å². The lowest BCUT2D eigenvalue weighted by Gasteiger charge is -1.80. The van der Waals surface area contributed by atoms with Gasteiger partial charge >= 0.3 is 5.97 Å². The van der Waals surface area contributed by atoms with Gasteiger partial charge in [-0.2, -0.15) is 4.99 Å². The second-order valence-electron chi connectivity index (χ2n) is 1.74. The van der Waals surface area contributed by atoms with E-state index in [9.17, 15) is 9.59 Å². The summed E-state index contributed by atoms with van der Waals surface area (Å²) < 4.78 is 0. The molecule has 0 aromatic heterocycles. The normalized spacial score (nSPS) is 16.0. The van der Waals surface area contributed by atoms with Crippen molar-refractivity contribution in [3.8, 4) is 0 Å². The molecule has 0 aromatic rings. The number of amidine groups is 1. The maximum absolute atomic E-state index is 10.4. The van der Waals surface area contributed by atoms with Gasteiger partial charge in [-0.1, -0.05) is 0 Å². The van der Waals surface area contributed by atoms with Gasteiger partial charge in [0.25, 0.3) is 5.91 Å². The van der Waals surface area contributed by atoms with Gasteiger partial charge in [0.2, 0.25) is 0 Å². The summed E-state index contributed by atoms with van der Waals surface area (Å²) >= 11 is 0. The molecule has 0 bridgehead atoms. The Balaban J connectivity index is 2.66. The van der Waals surface area contributed by atoms with Gasteiger partial charge < -0.3 is 5.11 Å². The Kier molecular flexibility index (Phi) is 1.91. The van der Waals surface area contributed by atoms with Crippen LogP contribution in [0.5, 0.6) is 0 Å². The largest absolute Gasteiger partial charge is 0.478 e. The molecule has 0 saturated heterocycles. The first-order chi connectivity index (χ1) is 5.18. The van der Waals surface area contributed by atoms with Crippen molar-refractivity contribution < 1.29 is 14.7 Å². The van der Waals surface area contributed by atoms with Crippen LogP contribution >= 0.6 is 0 Å². The third-order valence-electron chi connectivity index (χ3n) is 0.907. The van der Waals surface area contributed by atoms with Crippen molar-refractivity contribution in [1.82, 2.24) is 0 Å². The van der Waals surface area contributed by atoms with E-state index in [1.807, 2.05) is 0 Å². The third kappa shape index (κ3) is 2.13. The zero-order valence-electron chi connectivity index (χ0n) is 5.39. The fourth-order valence-electron chi connectivity index (χ4n) is 0.518. The Bertz CT molecular complexity index is 288. The number of amides is 1. The Morgan fingerprint density at radius 1 is 1.64 bits per heavy atom. The first kappa shape index (κ1) is 7.33. The van der Waals surface area contributed by atoms with Crippen molar-refractivity contribution in [2.75, 3.05) is 0 Å². The fraction of sp³-hybridized carbons (Fsp3) is 0. The van der Waals surface area contributed by atoms with Crippen LogP contribution in [0.25, 0.3) is 0 Å². The molecule has 1 aliphatic rings. The maximum Gasteiger partial charge on any atom is 0.328 e. The van der Waals surface area contributed by atoms with Crippen molar-refractivity contribution in [2.45, 2.75) is 0 Å². The summed E-state index contributed by atoms with van der Waals surface area (Å²) in [5.74, 6) is -1.44. The quantitative estimate of drug-likeness (QED) is 0.548. The lowest BCUT2D eigenvalue weighted by Crippen LogP contribution is -1.90.